The standard InChI is InChI=1S/C61H105N3O15/c1-2-3-26-52(66)47-63-57(70)31-21-23-42-78-43-24-28-51(65)27-20-22-41-79-44-25-29-54(67)53(38-40-60(74)75)64-58(71)39-37-50(61(76)77)45-55(68)49-35-33-48(34-36-49)46-62-56(69)30-18-16-14-12-10-8-6-4-5-7-9-11-13-15-17-19-32-59(72)73/h48-50,53H,2-47H2,1H3,(H,62,69)(H,63,70)(H,64,71)(H,72,73)(H,74,75)(H,76,77). The number of carbonyl (C=O) groups is 10. The molecule has 2 atom stereocenters. The first-order valence-electron chi connectivity index (χ1n) is 30.8. The fraction of sp³-hybridized carbons (Fsp3) is 0.836. The molecule has 18 heteroatoms. The zero-order chi connectivity index (χ0) is 58.1. The van der Waals surface area contributed by atoms with Crippen molar-refractivity contribution in [3.63, 3.8) is 0 Å². The Morgan fingerprint density at radius 2 is 0.899 bits per heavy atom. The topological polar surface area (TPSA) is 286 Å². The van der Waals surface area contributed by atoms with Crippen molar-refractivity contribution in [2.24, 2.45) is 17.8 Å². The average molecular weight is 1120 g/mol. The van der Waals surface area contributed by atoms with Gasteiger partial charge in [-0.05, 0) is 102 Å². The van der Waals surface area contributed by atoms with E-state index in [1.54, 1.807) is 0 Å². The van der Waals surface area contributed by atoms with Gasteiger partial charge in [0.1, 0.15) is 11.6 Å². The van der Waals surface area contributed by atoms with E-state index in [1.165, 1.54) is 64.2 Å². The van der Waals surface area contributed by atoms with Crippen LogP contribution in [-0.2, 0) is 57.4 Å². The van der Waals surface area contributed by atoms with Crippen molar-refractivity contribution >= 4 is 58.8 Å². The van der Waals surface area contributed by atoms with Gasteiger partial charge >= 0.3 is 17.9 Å². The van der Waals surface area contributed by atoms with Crippen LogP contribution in [0.5, 0.6) is 0 Å². The highest BCUT2D eigenvalue weighted by Gasteiger charge is 2.31. The lowest BCUT2D eigenvalue weighted by Crippen LogP contribution is -2.41. The highest BCUT2D eigenvalue weighted by atomic mass is 16.5. The molecule has 0 bridgehead atoms. The van der Waals surface area contributed by atoms with E-state index in [0.29, 0.717) is 110 Å². The predicted molar refractivity (Wildman–Crippen MR) is 303 cm³/mol. The van der Waals surface area contributed by atoms with Crippen LogP contribution in [0.3, 0.4) is 0 Å². The monoisotopic (exact) mass is 1120 g/mol. The summed E-state index contributed by atoms with van der Waals surface area (Å²) in [6, 6.07) is -1.06. The zero-order valence-corrected chi connectivity index (χ0v) is 48.6. The minimum Gasteiger partial charge on any atom is -0.481 e. The van der Waals surface area contributed by atoms with Gasteiger partial charge in [0.15, 0.2) is 11.6 Å². The van der Waals surface area contributed by atoms with Crippen LogP contribution in [0, 0.1) is 17.8 Å². The van der Waals surface area contributed by atoms with Crippen LogP contribution in [0.2, 0.25) is 0 Å². The van der Waals surface area contributed by atoms with Crippen molar-refractivity contribution in [3.05, 3.63) is 0 Å². The maximum absolute atomic E-state index is 13.3. The van der Waals surface area contributed by atoms with Crippen LogP contribution in [0.15, 0.2) is 0 Å². The second-order valence-electron chi connectivity index (χ2n) is 22.1. The van der Waals surface area contributed by atoms with E-state index in [4.69, 9.17) is 14.6 Å². The first-order valence-corrected chi connectivity index (χ1v) is 30.8. The highest BCUT2D eigenvalue weighted by molar-refractivity contribution is 5.90. The van der Waals surface area contributed by atoms with Gasteiger partial charge in [-0.15, -0.1) is 0 Å². The summed E-state index contributed by atoms with van der Waals surface area (Å²) in [6.45, 7) is 4.29. The quantitative estimate of drug-likeness (QED) is 0.0309. The van der Waals surface area contributed by atoms with Crippen molar-refractivity contribution in [3.8, 4) is 0 Å². The fourth-order valence-corrected chi connectivity index (χ4v) is 9.93. The molecule has 0 aromatic heterocycles. The molecule has 0 aliphatic heterocycles. The second kappa shape index (κ2) is 49.3. The molecule has 3 amide bonds. The van der Waals surface area contributed by atoms with Gasteiger partial charge in [-0.2, -0.15) is 0 Å². The molecule has 6 N–H and O–H groups in total. The number of nitrogens with one attached hydrogen (secondary N) is 3. The van der Waals surface area contributed by atoms with Crippen LogP contribution >= 0.6 is 0 Å². The number of unbranched alkanes of at least 4 members (excludes halogenated alkanes) is 18. The van der Waals surface area contributed by atoms with Crippen molar-refractivity contribution in [1.82, 2.24) is 16.0 Å². The molecule has 1 saturated carbocycles. The third-order valence-electron chi connectivity index (χ3n) is 15.0. The maximum atomic E-state index is 13.3. The van der Waals surface area contributed by atoms with Gasteiger partial charge in [0.05, 0.1) is 18.5 Å². The molecule has 0 spiro atoms. The Labute approximate surface area is 473 Å². The lowest BCUT2D eigenvalue weighted by Gasteiger charge is -2.28. The fourth-order valence-electron chi connectivity index (χ4n) is 9.93. The number of aliphatic carboxylic acids is 3. The number of rotatable bonds is 56. The Hall–Kier alpha value is -4.58. The number of hydrogen-bond acceptors (Lipinski definition) is 12. The summed E-state index contributed by atoms with van der Waals surface area (Å²) in [7, 11) is 0. The molecule has 0 radical (unpaired) electrons. The van der Waals surface area contributed by atoms with Crippen molar-refractivity contribution in [2.45, 2.75) is 270 Å². The van der Waals surface area contributed by atoms with Crippen LogP contribution in [0.4, 0.5) is 0 Å². The lowest BCUT2D eigenvalue weighted by atomic mass is 9.78. The average Bonchev–Trinajstić information content (AvgIpc) is 3.42. The van der Waals surface area contributed by atoms with Crippen LogP contribution < -0.4 is 16.0 Å². The van der Waals surface area contributed by atoms with Crippen molar-refractivity contribution < 1.29 is 72.7 Å². The largest absolute Gasteiger partial charge is 0.481 e. The number of carboxylic acid groups (broad SMARTS) is 3. The molecule has 2 unspecified atom stereocenters. The number of carbonyl (C=O) groups excluding carboxylic acids is 7. The summed E-state index contributed by atoms with van der Waals surface area (Å²) in [5.74, 6) is -5.11. The van der Waals surface area contributed by atoms with Crippen molar-refractivity contribution in [2.75, 3.05) is 39.5 Å². The van der Waals surface area contributed by atoms with E-state index in [-0.39, 0.29) is 105 Å². The van der Waals surface area contributed by atoms with Gasteiger partial charge in [0, 0.05) is 103 Å². The number of Topliss-reactive ketones (excluding diaryl/α,β-unsaturated/α-hetero) is 4. The highest BCUT2D eigenvalue weighted by Crippen LogP contribution is 2.31. The maximum Gasteiger partial charge on any atom is 0.306 e. The van der Waals surface area contributed by atoms with Crippen LogP contribution in [0.1, 0.15) is 264 Å². The van der Waals surface area contributed by atoms with E-state index in [0.717, 1.165) is 64.2 Å². The second-order valence-corrected chi connectivity index (χ2v) is 22.1. The first kappa shape index (κ1) is 72.4. The molecule has 1 rings (SSSR count). The van der Waals surface area contributed by atoms with Gasteiger partial charge in [0.2, 0.25) is 17.7 Å². The number of ether oxygens (including phenoxy) is 2. The molecule has 18 nitrogen and oxygen atoms in total. The molecule has 1 aliphatic carbocycles. The number of hydrogen-bond donors (Lipinski definition) is 6. The van der Waals surface area contributed by atoms with Crippen LogP contribution in [0.25, 0.3) is 0 Å². The lowest BCUT2D eigenvalue weighted by molar-refractivity contribution is -0.145. The molecule has 0 heterocycles. The van der Waals surface area contributed by atoms with Gasteiger partial charge < -0.3 is 40.7 Å². The summed E-state index contributed by atoms with van der Waals surface area (Å²) >= 11 is 0. The first-order chi connectivity index (χ1) is 38.1. The van der Waals surface area contributed by atoms with E-state index in [1.807, 2.05) is 6.92 Å². The van der Waals surface area contributed by atoms with Crippen LogP contribution in [-0.4, -0.2) is 120 Å². The number of carboxylic acids is 3. The molecule has 0 aromatic rings. The Morgan fingerprint density at radius 1 is 0.443 bits per heavy atom. The van der Waals surface area contributed by atoms with E-state index >= 15 is 0 Å². The summed E-state index contributed by atoms with van der Waals surface area (Å²) in [5.41, 5.74) is 0. The molecular weight excluding hydrogens is 1010 g/mol. The molecule has 1 fully saturated rings. The molecule has 0 aromatic carbocycles. The number of amides is 3. The van der Waals surface area contributed by atoms with Gasteiger partial charge in [-0.3, -0.25) is 47.9 Å². The summed E-state index contributed by atoms with van der Waals surface area (Å²) in [6.07, 6.45) is 28.2. The summed E-state index contributed by atoms with van der Waals surface area (Å²) in [4.78, 5) is 122. The van der Waals surface area contributed by atoms with E-state index in [2.05, 4.69) is 16.0 Å². The predicted octanol–water partition coefficient (Wildman–Crippen LogP) is 10.8. The Morgan fingerprint density at radius 3 is 1.43 bits per heavy atom. The summed E-state index contributed by atoms with van der Waals surface area (Å²) < 4.78 is 11.2. The number of ketones is 4. The smallest absolute Gasteiger partial charge is 0.306 e. The molecule has 454 valence electrons. The molecular formula is C61H105N3O15. The molecule has 1 aliphatic rings. The van der Waals surface area contributed by atoms with Gasteiger partial charge in [0.25, 0.3) is 0 Å². The Kier molecular flexibility index (Phi) is 45.2. The Bertz CT molecular complexity index is 1730. The molecule has 79 heavy (non-hydrogen) atoms. The zero-order valence-electron chi connectivity index (χ0n) is 48.6. The minimum atomic E-state index is -1.18. The summed E-state index contributed by atoms with van der Waals surface area (Å²) in [5, 5.41) is 36.2. The molecule has 0 saturated heterocycles. The van der Waals surface area contributed by atoms with Gasteiger partial charge in [-0.1, -0.05) is 103 Å². The minimum absolute atomic E-state index is 0.0369. The Balaban J connectivity index is 2.18. The van der Waals surface area contributed by atoms with E-state index in [9.17, 15) is 58.2 Å². The SMILES string of the molecule is CCCCC(=O)CNC(=O)CCCCOCCCC(=O)CCCCOCCCC(=O)C(CCC(=O)O)NC(=O)CCC(CC(=O)C1CCC(CNC(=O)CCCCCCCCCCCCCCCCCCC(=O)O)CC1)C(=O)O. The third kappa shape index (κ3) is 43.8. The third-order valence-corrected chi connectivity index (χ3v) is 15.0. The van der Waals surface area contributed by atoms with E-state index < -0.39 is 35.8 Å². The normalized spacial score (nSPS) is 14.9. The van der Waals surface area contributed by atoms with Gasteiger partial charge in [-0.25, -0.2) is 0 Å². The van der Waals surface area contributed by atoms with Crippen molar-refractivity contribution in [1.29, 1.82) is 0 Å².